The fourth-order valence-corrected chi connectivity index (χ4v) is 4.21. The molecule has 0 bridgehead atoms. The number of rotatable bonds is 2. The number of methoxy groups -OCH3 is 1. The minimum absolute atomic E-state index is 0.150. The van der Waals surface area contributed by atoms with Crippen LogP contribution in [0.15, 0.2) is 39.7 Å². The van der Waals surface area contributed by atoms with Crippen LogP contribution < -0.4 is 9.47 Å². The lowest BCUT2D eigenvalue weighted by molar-refractivity contribution is -0.113. The van der Waals surface area contributed by atoms with Gasteiger partial charge in [-0.25, -0.2) is 0 Å². The lowest BCUT2D eigenvalue weighted by atomic mass is 10.1. The summed E-state index contributed by atoms with van der Waals surface area (Å²) in [7, 11) is 1.63. The Balaban J connectivity index is 1.53. The van der Waals surface area contributed by atoms with Gasteiger partial charge in [-0.3, -0.25) is 4.79 Å². The van der Waals surface area contributed by atoms with Crippen LogP contribution in [0.2, 0.25) is 0 Å². The average molecular weight is 356 g/mol. The summed E-state index contributed by atoms with van der Waals surface area (Å²) in [6, 6.07) is 5.79. The van der Waals surface area contributed by atoms with Gasteiger partial charge in [0.25, 0.3) is 5.91 Å². The number of carbonyl (C=O) groups excluding carboxylic acids is 1. The number of amidine groups is 1. The number of fused-ring (bicyclic) bond motifs is 1. The summed E-state index contributed by atoms with van der Waals surface area (Å²) in [5.74, 6) is 1.33. The molecule has 3 aliphatic rings. The molecule has 0 aliphatic carbocycles. The molecule has 0 spiro atoms. The zero-order valence-corrected chi connectivity index (χ0v) is 15.0. The molecule has 3 aliphatic heterocycles. The van der Waals surface area contributed by atoms with Crippen molar-refractivity contribution in [1.82, 2.24) is 4.90 Å². The number of hydrogen-bond donors (Lipinski definition) is 0. The lowest BCUT2D eigenvalue weighted by Gasteiger charge is -2.27. The molecule has 1 amide bonds. The Morgan fingerprint density at radius 2 is 2.12 bits per heavy atom. The molecule has 1 aromatic rings. The van der Waals surface area contributed by atoms with Crippen LogP contribution in [0.5, 0.6) is 11.5 Å². The first-order valence-corrected chi connectivity index (χ1v) is 9.34. The quantitative estimate of drug-likeness (QED) is 0.760. The van der Waals surface area contributed by atoms with Crippen molar-refractivity contribution in [3.63, 3.8) is 0 Å². The molecule has 3 heterocycles. The number of aliphatic imine (C=N–C) groups is 1. The van der Waals surface area contributed by atoms with E-state index in [1.807, 2.05) is 30.4 Å². The molecule has 0 unspecified atom stereocenters. The normalized spacial score (nSPS) is 21.6. The first-order chi connectivity index (χ1) is 12.2. The number of carbonyl (C=O) groups is 1. The van der Waals surface area contributed by atoms with Gasteiger partial charge in [0, 0.05) is 18.7 Å². The maximum Gasteiger partial charge on any atom is 0.286 e. The zero-order valence-electron chi connectivity index (χ0n) is 14.2. The summed E-state index contributed by atoms with van der Waals surface area (Å²) in [6.07, 6.45) is 7.55. The Labute approximate surface area is 151 Å². The largest absolute Gasteiger partial charge is 0.493 e. The number of benzene rings is 1. The molecule has 1 fully saturated rings. The predicted octanol–water partition coefficient (Wildman–Crippen LogP) is 3.47. The number of likely N-dealkylation sites (tertiary alicyclic amines) is 1. The summed E-state index contributed by atoms with van der Waals surface area (Å²) in [6.45, 7) is 2.40. The van der Waals surface area contributed by atoms with E-state index in [4.69, 9.17) is 9.47 Å². The van der Waals surface area contributed by atoms with Crippen LogP contribution >= 0.6 is 11.8 Å². The third-order valence-electron chi connectivity index (χ3n) is 4.51. The Morgan fingerprint density at radius 3 is 2.92 bits per heavy atom. The molecule has 0 aromatic heterocycles. The van der Waals surface area contributed by atoms with Gasteiger partial charge in [0.1, 0.15) is 6.61 Å². The highest BCUT2D eigenvalue weighted by molar-refractivity contribution is 8.18. The lowest BCUT2D eigenvalue weighted by Crippen LogP contribution is -2.33. The molecule has 0 radical (unpaired) electrons. The van der Waals surface area contributed by atoms with Crippen molar-refractivity contribution in [2.24, 2.45) is 4.99 Å². The van der Waals surface area contributed by atoms with E-state index in [0.29, 0.717) is 11.5 Å². The number of amides is 1. The van der Waals surface area contributed by atoms with Crippen LogP contribution in [-0.4, -0.2) is 42.8 Å². The van der Waals surface area contributed by atoms with Crippen molar-refractivity contribution in [2.75, 3.05) is 26.8 Å². The average Bonchev–Trinajstić information content (AvgIpc) is 3.02. The summed E-state index contributed by atoms with van der Waals surface area (Å²) >= 11 is 1.47. The monoisotopic (exact) mass is 356 g/mol. The molecule has 5 nitrogen and oxygen atoms in total. The number of piperidine rings is 1. The summed E-state index contributed by atoms with van der Waals surface area (Å²) in [5.41, 5.74) is 1.93. The van der Waals surface area contributed by atoms with E-state index in [9.17, 15) is 4.79 Å². The second-order valence-electron chi connectivity index (χ2n) is 6.24. The van der Waals surface area contributed by atoms with Crippen molar-refractivity contribution in [2.45, 2.75) is 19.3 Å². The van der Waals surface area contributed by atoms with Gasteiger partial charge in [0.15, 0.2) is 16.7 Å². The fourth-order valence-electron chi connectivity index (χ4n) is 3.23. The highest BCUT2D eigenvalue weighted by Crippen LogP contribution is 2.37. The number of para-hydroxylation sites is 1. The molecule has 0 N–H and O–H groups in total. The van der Waals surface area contributed by atoms with E-state index in [1.54, 1.807) is 7.11 Å². The molecule has 6 heteroatoms. The van der Waals surface area contributed by atoms with Crippen LogP contribution in [0, 0.1) is 0 Å². The third kappa shape index (κ3) is 3.31. The van der Waals surface area contributed by atoms with Gasteiger partial charge in [0.05, 0.1) is 12.0 Å². The van der Waals surface area contributed by atoms with E-state index in [0.717, 1.165) is 40.9 Å². The molecule has 4 rings (SSSR count). The predicted molar refractivity (Wildman–Crippen MR) is 100 cm³/mol. The molecule has 0 atom stereocenters. The van der Waals surface area contributed by atoms with Gasteiger partial charge in [-0.1, -0.05) is 12.1 Å². The highest BCUT2D eigenvalue weighted by Gasteiger charge is 2.27. The van der Waals surface area contributed by atoms with Crippen LogP contribution in [-0.2, 0) is 4.79 Å². The number of hydrogen-bond acceptors (Lipinski definition) is 5. The zero-order chi connectivity index (χ0) is 17.2. The van der Waals surface area contributed by atoms with Crippen LogP contribution in [0.4, 0.5) is 0 Å². The van der Waals surface area contributed by atoms with Gasteiger partial charge in [-0.15, -0.1) is 0 Å². The smallest absolute Gasteiger partial charge is 0.286 e. The van der Waals surface area contributed by atoms with Crippen molar-refractivity contribution in [3.05, 3.63) is 40.3 Å². The van der Waals surface area contributed by atoms with Gasteiger partial charge < -0.3 is 14.4 Å². The SMILES string of the molecule is COc1cccc2c1OCC(C=C1SC(N3CCCCC3)=NC1=O)=C2. The van der Waals surface area contributed by atoms with E-state index in [2.05, 4.69) is 9.89 Å². The van der Waals surface area contributed by atoms with E-state index in [-0.39, 0.29) is 5.91 Å². The van der Waals surface area contributed by atoms with Gasteiger partial charge >= 0.3 is 0 Å². The number of ether oxygens (including phenoxy) is 2. The maximum atomic E-state index is 12.3. The molecular formula is C19H20N2O3S. The Morgan fingerprint density at radius 1 is 1.28 bits per heavy atom. The van der Waals surface area contributed by atoms with Crippen molar-refractivity contribution < 1.29 is 14.3 Å². The molecule has 1 saturated heterocycles. The summed E-state index contributed by atoms with van der Waals surface area (Å²) in [4.78, 5) is 19.4. The molecule has 0 saturated carbocycles. The molecule has 1 aromatic carbocycles. The maximum absolute atomic E-state index is 12.3. The first-order valence-electron chi connectivity index (χ1n) is 8.52. The molecule has 130 valence electrons. The minimum atomic E-state index is -0.150. The van der Waals surface area contributed by atoms with Crippen molar-refractivity contribution in [1.29, 1.82) is 0 Å². The van der Waals surface area contributed by atoms with Crippen molar-refractivity contribution in [3.8, 4) is 11.5 Å². The standard InChI is InChI=1S/C19H20N2O3S/c1-23-15-7-5-6-14-10-13(12-24-17(14)15)11-16-18(22)20-19(25-16)21-8-3-2-4-9-21/h5-7,10-11H,2-4,8-9,12H2,1H3. The molecule has 25 heavy (non-hydrogen) atoms. The van der Waals surface area contributed by atoms with Crippen LogP contribution in [0.25, 0.3) is 6.08 Å². The van der Waals surface area contributed by atoms with E-state index >= 15 is 0 Å². The third-order valence-corrected chi connectivity index (χ3v) is 5.55. The van der Waals surface area contributed by atoms with Gasteiger partial charge in [-0.05, 0) is 54.8 Å². The number of nitrogens with zero attached hydrogens (tertiary/aromatic N) is 2. The highest BCUT2D eigenvalue weighted by atomic mass is 32.2. The van der Waals surface area contributed by atoms with E-state index in [1.165, 1.54) is 31.0 Å². The van der Waals surface area contributed by atoms with E-state index < -0.39 is 0 Å². The number of thioether (sulfide) groups is 1. The fraction of sp³-hybridized carbons (Fsp3) is 0.368. The molecular weight excluding hydrogens is 336 g/mol. The topological polar surface area (TPSA) is 51.1 Å². The Bertz CT molecular complexity index is 792. The second-order valence-corrected chi connectivity index (χ2v) is 7.25. The van der Waals surface area contributed by atoms with Crippen LogP contribution in [0.1, 0.15) is 24.8 Å². The van der Waals surface area contributed by atoms with Gasteiger partial charge in [-0.2, -0.15) is 4.99 Å². The van der Waals surface area contributed by atoms with Crippen molar-refractivity contribution >= 4 is 28.9 Å². The van der Waals surface area contributed by atoms with Crippen LogP contribution in [0.3, 0.4) is 0 Å². The Kier molecular flexibility index (Phi) is 4.53. The minimum Gasteiger partial charge on any atom is -0.493 e. The first kappa shape index (κ1) is 16.3. The Hall–Kier alpha value is -2.21. The summed E-state index contributed by atoms with van der Waals surface area (Å²) < 4.78 is 11.2. The second kappa shape index (κ2) is 6.96. The summed E-state index contributed by atoms with van der Waals surface area (Å²) in [5, 5.41) is 0.843. The van der Waals surface area contributed by atoms with Gasteiger partial charge in [0.2, 0.25) is 0 Å².